The van der Waals surface area contributed by atoms with Gasteiger partial charge in [-0.25, -0.2) is 8.78 Å². The van der Waals surface area contributed by atoms with E-state index in [2.05, 4.69) is 11.8 Å². The largest absolute Gasteiger partial charge is 0.392 e. The van der Waals surface area contributed by atoms with Crippen LogP contribution in [-0.4, -0.2) is 42.7 Å². The molecular formula is C14H20F2N2O. The third-order valence-corrected chi connectivity index (χ3v) is 3.49. The Labute approximate surface area is 112 Å². The quantitative estimate of drug-likeness (QED) is 0.906. The lowest BCUT2D eigenvalue weighted by atomic mass is 10.1. The molecule has 2 rings (SSSR count). The lowest BCUT2D eigenvalue weighted by Crippen LogP contribution is -2.47. The van der Waals surface area contributed by atoms with E-state index >= 15 is 0 Å². The highest BCUT2D eigenvalue weighted by Crippen LogP contribution is 2.26. The third kappa shape index (κ3) is 3.22. The maximum atomic E-state index is 13.9. The molecule has 3 nitrogen and oxygen atoms in total. The highest BCUT2D eigenvalue weighted by atomic mass is 19.1. The Bertz CT molecular complexity index is 408. The first-order chi connectivity index (χ1) is 9.15. The van der Waals surface area contributed by atoms with Crippen LogP contribution >= 0.6 is 0 Å². The minimum atomic E-state index is -0.590. The van der Waals surface area contributed by atoms with E-state index in [0.717, 1.165) is 26.1 Å². The van der Waals surface area contributed by atoms with Crippen molar-refractivity contribution in [3.05, 3.63) is 29.3 Å². The number of aliphatic hydroxyl groups is 1. The number of nitrogens with zero attached hydrogens (tertiary/aromatic N) is 2. The fourth-order valence-corrected chi connectivity index (χ4v) is 2.52. The van der Waals surface area contributed by atoms with Crippen molar-refractivity contribution in [2.75, 3.05) is 37.6 Å². The summed E-state index contributed by atoms with van der Waals surface area (Å²) in [5.74, 6) is -1.18. The fraction of sp³-hybridized carbons (Fsp3) is 0.571. The van der Waals surface area contributed by atoms with Crippen LogP contribution in [0.4, 0.5) is 14.5 Å². The van der Waals surface area contributed by atoms with Crippen LogP contribution in [0.2, 0.25) is 0 Å². The zero-order valence-corrected chi connectivity index (χ0v) is 11.2. The van der Waals surface area contributed by atoms with Gasteiger partial charge in [0.25, 0.3) is 0 Å². The average Bonchev–Trinajstić information content (AvgIpc) is 2.40. The molecule has 1 fully saturated rings. The first kappa shape index (κ1) is 14.2. The highest BCUT2D eigenvalue weighted by Gasteiger charge is 2.22. The average molecular weight is 270 g/mol. The summed E-state index contributed by atoms with van der Waals surface area (Å²) in [6.45, 7) is 5.72. The van der Waals surface area contributed by atoms with Crippen LogP contribution in [0.25, 0.3) is 0 Å². The molecule has 0 radical (unpaired) electrons. The summed E-state index contributed by atoms with van der Waals surface area (Å²) in [5.41, 5.74) is 0.303. The summed E-state index contributed by atoms with van der Waals surface area (Å²) < 4.78 is 27.8. The molecule has 1 aliphatic heterocycles. The van der Waals surface area contributed by atoms with Gasteiger partial charge in [0.05, 0.1) is 6.61 Å². The van der Waals surface area contributed by atoms with E-state index in [1.54, 1.807) is 4.90 Å². The number of rotatable bonds is 4. The van der Waals surface area contributed by atoms with Crippen molar-refractivity contribution in [1.29, 1.82) is 0 Å². The molecule has 1 aliphatic rings. The van der Waals surface area contributed by atoms with Gasteiger partial charge in [0.1, 0.15) is 17.3 Å². The molecule has 0 atom stereocenters. The van der Waals surface area contributed by atoms with Gasteiger partial charge in [0.2, 0.25) is 0 Å². The second kappa shape index (κ2) is 6.30. The standard InChI is InChI=1S/C14H20F2N2O/c1-2-3-17-4-6-18(7-5-17)14-12(15)8-11(10-19)9-13(14)16/h8-9,19H,2-7,10H2,1H3. The van der Waals surface area contributed by atoms with Crippen LogP contribution in [0.1, 0.15) is 18.9 Å². The van der Waals surface area contributed by atoms with Crippen LogP contribution in [0, 0.1) is 11.6 Å². The van der Waals surface area contributed by atoms with Gasteiger partial charge < -0.3 is 10.0 Å². The molecule has 0 aliphatic carbocycles. The van der Waals surface area contributed by atoms with E-state index in [9.17, 15) is 8.78 Å². The van der Waals surface area contributed by atoms with Crippen molar-refractivity contribution < 1.29 is 13.9 Å². The maximum Gasteiger partial charge on any atom is 0.149 e. The van der Waals surface area contributed by atoms with Crippen LogP contribution in [0.5, 0.6) is 0 Å². The van der Waals surface area contributed by atoms with Gasteiger partial charge in [-0.1, -0.05) is 6.92 Å². The first-order valence-electron chi connectivity index (χ1n) is 6.71. The van der Waals surface area contributed by atoms with E-state index < -0.39 is 11.6 Å². The minimum absolute atomic E-state index is 0.0355. The van der Waals surface area contributed by atoms with Crippen molar-refractivity contribution >= 4 is 5.69 Å². The zero-order chi connectivity index (χ0) is 13.8. The summed E-state index contributed by atoms with van der Waals surface area (Å²) in [7, 11) is 0. The lowest BCUT2D eigenvalue weighted by Gasteiger charge is -2.36. The van der Waals surface area contributed by atoms with Crippen LogP contribution in [0.3, 0.4) is 0 Å². The number of aliphatic hydroxyl groups excluding tert-OH is 1. The SMILES string of the molecule is CCCN1CCN(c2c(F)cc(CO)cc2F)CC1. The van der Waals surface area contributed by atoms with Gasteiger partial charge in [-0.2, -0.15) is 0 Å². The number of piperazine rings is 1. The highest BCUT2D eigenvalue weighted by molar-refractivity contribution is 5.51. The Morgan fingerprint density at radius 1 is 1.11 bits per heavy atom. The minimum Gasteiger partial charge on any atom is -0.392 e. The second-order valence-corrected chi connectivity index (χ2v) is 4.89. The van der Waals surface area contributed by atoms with Crippen molar-refractivity contribution in [2.45, 2.75) is 20.0 Å². The molecule has 5 heteroatoms. The third-order valence-electron chi connectivity index (χ3n) is 3.49. The van der Waals surface area contributed by atoms with Crippen molar-refractivity contribution in [3.63, 3.8) is 0 Å². The number of hydrogen-bond donors (Lipinski definition) is 1. The predicted octanol–water partition coefficient (Wildman–Crippen LogP) is 1.99. The summed E-state index contributed by atoms with van der Waals surface area (Å²) in [5, 5.41) is 8.93. The molecule has 1 heterocycles. The molecule has 0 saturated carbocycles. The molecule has 0 amide bonds. The molecule has 1 saturated heterocycles. The summed E-state index contributed by atoms with van der Waals surface area (Å²) in [6.07, 6.45) is 1.09. The molecule has 1 aromatic rings. The topological polar surface area (TPSA) is 26.7 Å². The summed E-state index contributed by atoms with van der Waals surface area (Å²) in [4.78, 5) is 4.05. The zero-order valence-electron chi connectivity index (χ0n) is 11.2. The number of anilines is 1. The molecule has 19 heavy (non-hydrogen) atoms. The van der Waals surface area contributed by atoms with Gasteiger partial charge in [-0.3, -0.25) is 4.90 Å². The van der Waals surface area contributed by atoms with Crippen molar-refractivity contribution in [3.8, 4) is 0 Å². The van der Waals surface area contributed by atoms with Crippen molar-refractivity contribution in [1.82, 2.24) is 4.90 Å². The van der Waals surface area contributed by atoms with Crippen LogP contribution < -0.4 is 4.90 Å². The van der Waals surface area contributed by atoms with Gasteiger partial charge in [-0.15, -0.1) is 0 Å². The van der Waals surface area contributed by atoms with Crippen molar-refractivity contribution in [2.24, 2.45) is 0 Å². The number of hydrogen-bond acceptors (Lipinski definition) is 3. The Kier molecular flexibility index (Phi) is 4.71. The van der Waals surface area contributed by atoms with E-state index in [1.807, 2.05) is 0 Å². The predicted molar refractivity (Wildman–Crippen MR) is 71.2 cm³/mol. The summed E-state index contributed by atoms with van der Waals surface area (Å²) >= 11 is 0. The molecule has 0 spiro atoms. The molecule has 106 valence electrons. The molecular weight excluding hydrogens is 250 g/mol. The lowest BCUT2D eigenvalue weighted by molar-refractivity contribution is 0.257. The van der Waals surface area contributed by atoms with Gasteiger partial charge in [0.15, 0.2) is 0 Å². The number of halogens is 2. The van der Waals surface area contributed by atoms with Gasteiger partial charge in [0, 0.05) is 26.2 Å². The van der Waals surface area contributed by atoms with Crippen LogP contribution in [0.15, 0.2) is 12.1 Å². The van der Waals surface area contributed by atoms with E-state index in [4.69, 9.17) is 5.11 Å². The van der Waals surface area contributed by atoms with E-state index in [0.29, 0.717) is 13.1 Å². The Hall–Kier alpha value is -1.20. The van der Waals surface area contributed by atoms with Crippen LogP contribution in [-0.2, 0) is 6.61 Å². The molecule has 1 N–H and O–H groups in total. The summed E-state index contributed by atoms with van der Waals surface area (Å²) in [6, 6.07) is 2.41. The molecule has 0 aromatic heterocycles. The monoisotopic (exact) mass is 270 g/mol. The smallest absolute Gasteiger partial charge is 0.149 e. The Morgan fingerprint density at radius 3 is 2.16 bits per heavy atom. The molecule has 1 aromatic carbocycles. The van der Waals surface area contributed by atoms with Gasteiger partial charge in [-0.05, 0) is 30.7 Å². The Balaban J connectivity index is 2.11. The Morgan fingerprint density at radius 2 is 1.68 bits per heavy atom. The van der Waals surface area contributed by atoms with Gasteiger partial charge >= 0.3 is 0 Å². The normalized spacial score (nSPS) is 16.9. The maximum absolute atomic E-state index is 13.9. The van der Waals surface area contributed by atoms with E-state index in [1.165, 1.54) is 12.1 Å². The fourth-order valence-electron chi connectivity index (χ4n) is 2.52. The molecule has 0 bridgehead atoms. The second-order valence-electron chi connectivity index (χ2n) is 4.89. The van der Waals surface area contributed by atoms with E-state index in [-0.39, 0.29) is 17.9 Å². The molecule has 0 unspecified atom stereocenters. The first-order valence-corrected chi connectivity index (χ1v) is 6.71. The number of benzene rings is 1.